The van der Waals surface area contributed by atoms with Gasteiger partial charge in [0.15, 0.2) is 22.4 Å². The van der Waals surface area contributed by atoms with Crippen molar-refractivity contribution in [2.45, 2.75) is 360 Å². The predicted octanol–water partition coefficient (Wildman–Crippen LogP) is 16.1. The van der Waals surface area contributed by atoms with Gasteiger partial charge in [-0.2, -0.15) is 0 Å². The molecule has 19 aliphatic rings. The number of carboxylic acid groups (broad SMARTS) is 1. The van der Waals surface area contributed by atoms with Crippen molar-refractivity contribution in [1.82, 2.24) is 0 Å². The van der Waals surface area contributed by atoms with Gasteiger partial charge in [-0.25, -0.2) is 28.8 Å². The van der Waals surface area contributed by atoms with E-state index in [0.29, 0.717) is 101 Å². The average Bonchev–Trinajstić information content (AvgIpc) is 1.21. The number of aliphatic carboxylic acids is 1. The first-order valence-corrected chi connectivity index (χ1v) is 46.6. The minimum absolute atomic E-state index is 0.0427. The van der Waals surface area contributed by atoms with Crippen LogP contribution < -0.4 is 0 Å². The van der Waals surface area contributed by atoms with Crippen LogP contribution in [0.1, 0.15) is 261 Å². The second kappa shape index (κ2) is 29.1. The Morgan fingerprint density at radius 3 is 1.25 bits per heavy atom. The fourth-order valence-corrected chi connectivity index (χ4v) is 25.1. The Hall–Kier alpha value is -5.08. The number of carbonyl (C=O) groups is 7. The Labute approximate surface area is 643 Å². The van der Waals surface area contributed by atoms with E-state index in [0.717, 1.165) is 167 Å². The molecule has 0 aromatic heterocycles. The molecule has 6 atom stereocenters. The standard InChI is InChI=1S/C20H32O3Si.C16H28O3Si.C15H22O4.C14H18O3.C11H14O4.C10H14O3/c1-13-9-20(22-17(13)21)15-7-14-8-16(20)12-19(10-14,11-15)23-24(5,6)18(2,3)4;1-12-11-16(18-14(12)17)9-7-13(8-10-16)19-20(5,6)15(2,3)4;1-11-8-14(19-12(11)16)4-6-15(7-5-14)17-9-13(2,3)10-18-15;1-8-4-14(17-12(8)15)10-2-9-3-11(14)7-13(16,5-9)6-10;1-7-6-11(15-10(7)14)4-2-3-8(11)5-9(12)13;1-7-6-10(13-9(7)12)4-2-8(11)3-5-10/h14-16H,1,7-12H2,2-6H3;13H,1,7-11H2,2-6H3;1,4-10H2,2-3H3;9-11,16H,1-7H2;8H,1-6H2,(H,12,13);8,11H,1-6H2. The summed E-state index contributed by atoms with van der Waals surface area (Å²) in [6, 6.07) is 0. The minimum atomic E-state index is -1.79. The summed E-state index contributed by atoms with van der Waals surface area (Å²) in [4.78, 5) is 79.9. The van der Waals surface area contributed by atoms with E-state index >= 15 is 0 Å². The van der Waals surface area contributed by atoms with E-state index < -0.39 is 39.6 Å². The van der Waals surface area contributed by atoms with Crippen LogP contribution in [0.4, 0.5) is 0 Å². The highest BCUT2D eigenvalue weighted by molar-refractivity contribution is 6.74. The van der Waals surface area contributed by atoms with E-state index in [2.05, 4.69) is 121 Å². The van der Waals surface area contributed by atoms with Crippen molar-refractivity contribution in [3.63, 3.8) is 0 Å². The van der Waals surface area contributed by atoms with Gasteiger partial charge in [0.25, 0.3) is 0 Å². The molecule has 22 heteroatoms. The first-order valence-electron chi connectivity index (χ1n) is 40.8. The normalized spacial score (nSPS) is 36.9. The highest BCUT2D eigenvalue weighted by atomic mass is 28.4. The molecule has 8 bridgehead atoms. The average molecular weight is 1540 g/mol. The molecule has 0 amide bonds. The summed E-state index contributed by atoms with van der Waals surface area (Å²) in [5.41, 5.74) is 1.28. The van der Waals surface area contributed by atoms with Crippen molar-refractivity contribution < 1.29 is 95.6 Å². The van der Waals surface area contributed by atoms with Crippen LogP contribution in [-0.2, 0) is 80.3 Å². The zero-order chi connectivity index (χ0) is 78.8. The van der Waals surface area contributed by atoms with Gasteiger partial charge < -0.3 is 62.1 Å². The maximum atomic E-state index is 12.1. The maximum Gasteiger partial charge on any atom is 0.334 e. The van der Waals surface area contributed by atoms with Crippen LogP contribution in [0.25, 0.3) is 0 Å². The zero-order valence-corrected chi connectivity index (χ0v) is 69.3. The molecule has 600 valence electrons. The molecular weight excluding hydrogens is 1410 g/mol. The number of esters is 6. The number of aliphatic hydroxyl groups excluding tert-OH is 1. The minimum Gasteiger partial charge on any atom is -0.481 e. The summed E-state index contributed by atoms with van der Waals surface area (Å²) < 4.78 is 59.0. The van der Waals surface area contributed by atoms with Crippen LogP contribution in [0.3, 0.4) is 0 Å². The fraction of sp³-hybridized carbons (Fsp3) is 0.779. The monoisotopic (exact) mass is 1540 g/mol. The molecule has 0 radical (unpaired) electrons. The van der Waals surface area contributed by atoms with Gasteiger partial charge in [-0.3, -0.25) is 4.79 Å². The van der Waals surface area contributed by atoms with Crippen molar-refractivity contribution in [3.05, 3.63) is 72.9 Å². The predicted molar refractivity (Wildman–Crippen MR) is 410 cm³/mol. The quantitative estimate of drug-likeness (QED) is 0.0965. The Bertz CT molecular complexity index is 3480. The van der Waals surface area contributed by atoms with Gasteiger partial charge in [-0.1, -0.05) is 94.9 Å². The molecule has 12 saturated carbocycles. The van der Waals surface area contributed by atoms with Gasteiger partial charge in [-0.15, -0.1) is 0 Å². The highest BCUT2D eigenvalue weighted by Gasteiger charge is 2.69. The summed E-state index contributed by atoms with van der Waals surface area (Å²) in [7, 11) is -3.49. The number of hydrogen-bond acceptors (Lipinski definition) is 19. The van der Waals surface area contributed by atoms with Gasteiger partial charge in [0, 0.05) is 126 Å². The van der Waals surface area contributed by atoms with Crippen LogP contribution in [-0.4, -0.2) is 150 Å². The Balaban J connectivity index is 0.000000122. The van der Waals surface area contributed by atoms with Crippen molar-refractivity contribution in [3.8, 4) is 0 Å². The number of hydrogen-bond donors (Lipinski definition) is 3. The first-order chi connectivity index (χ1) is 50.0. The molecule has 7 saturated heterocycles. The van der Waals surface area contributed by atoms with Crippen molar-refractivity contribution in [2.75, 3.05) is 13.2 Å². The number of rotatable bonds is 6. The lowest BCUT2D eigenvalue weighted by Crippen LogP contribution is -2.66. The van der Waals surface area contributed by atoms with Gasteiger partial charge >= 0.3 is 41.8 Å². The van der Waals surface area contributed by atoms with Crippen LogP contribution >= 0.6 is 0 Å². The van der Waals surface area contributed by atoms with E-state index in [4.69, 9.17) is 51.9 Å². The molecule has 20 nitrogen and oxygen atoms in total. The number of aliphatic hydroxyl groups is 2. The molecule has 19 rings (SSSR count). The van der Waals surface area contributed by atoms with E-state index in [1.54, 1.807) is 0 Å². The fourth-order valence-electron chi connectivity index (χ4n) is 22.0. The zero-order valence-electron chi connectivity index (χ0n) is 67.3. The van der Waals surface area contributed by atoms with Crippen LogP contribution in [0.15, 0.2) is 72.9 Å². The van der Waals surface area contributed by atoms with Crippen molar-refractivity contribution in [2.24, 2.45) is 46.8 Å². The summed E-state index contributed by atoms with van der Waals surface area (Å²) in [5.74, 6) is 0.356. The Morgan fingerprint density at radius 1 is 0.481 bits per heavy atom. The molecule has 0 aromatic carbocycles. The molecule has 7 spiro atoms. The third-order valence-corrected chi connectivity index (χ3v) is 38.7. The molecule has 6 unspecified atom stereocenters. The van der Waals surface area contributed by atoms with E-state index in [1.807, 2.05) is 0 Å². The van der Waals surface area contributed by atoms with E-state index in [1.165, 1.54) is 19.3 Å². The Morgan fingerprint density at radius 2 is 0.870 bits per heavy atom. The molecule has 3 N–H and O–H groups in total. The van der Waals surface area contributed by atoms with Crippen LogP contribution in [0, 0.1) is 46.8 Å². The van der Waals surface area contributed by atoms with Gasteiger partial charge in [0.05, 0.1) is 36.9 Å². The van der Waals surface area contributed by atoms with Gasteiger partial charge in [0.1, 0.15) is 33.6 Å². The second-order valence-corrected chi connectivity index (χ2v) is 50.1. The topological polar surface area (TPSA) is 272 Å². The number of carboxylic acids is 1. The summed E-state index contributed by atoms with van der Waals surface area (Å²) in [5, 5.41) is 29.1. The molecule has 19 fully saturated rings. The summed E-state index contributed by atoms with van der Waals surface area (Å²) >= 11 is 0. The second-order valence-electron chi connectivity index (χ2n) is 40.6. The molecule has 0 aromatic rings. The molecule has 7 heterocycles. The van der Waals surface area contributed by atoms with Crippen molar-refractivity contribution >= 4 is 58.4 Å². The molecular formula is C86H128O20Si2. The third-order valence-electron chi connectivity index (χ3n) is 29.6. The SMILES string of the molecule is C=C1CC2(CCC(O)CC2)OC1=O.C=C1CC2(CCC(O[Si](C)(C)C(C)(C)C)CC2)OC1=O.C=C1CC2(CCC3(CC2)OCC(C)(C)CO3)OC1=O.C=C1CC2(CCCC2CC(=O)O)OC1=O.C=C1CC2(OC1=O)C1CC3CC2CC(O)(C3)C1.C=C1CC2(OC1=O)C1CC3CC2CC(O[Si](C)(C)C(C)(C)C)(C3)C1. The first kappa shape index (κ1) is 82.4. The van der Waals surface area contributed by atoms with Crippen molar-refractivity contribution in [1.29, 1.82) is 0 Å². The van der Waals surface area contributed by atoms with Gasteiger partial charge in [0.2, 0.25) is 0 Å². The lowest BCUT2D eigenvalue weighted by atomic mass is 9.47. The van der Waals surface area contributed by atoms with Crippen LogP contribution in [0.2, 0.25) is 36.3 Å². The van der Waals surface area contributed by atoms with E-state index in [-0.39, 0.29) is 103 Å². The van der Waals surface area contributed by atoms with Gasteiger partial charge in [-0.05, 0) is 196 Å². The number of ether oxygens (including phenoxy) is 8. The van der Waals surface area contributed by atoms with Crippen LogP contribution in [0.5, 0.6) is 0 Å². The van der Waals surface area contributed by atoms with E-state index in [9.17, 15) is 43.8 Å². The molecule has 108 heavy (non-hydrogen) atoms. The lowest BCUT2D eigenvalue weighted by Gasteiger charge is -2.64. The lowest BCUT2D eigenvalue weighted by molar-refractivity contribution is -0.318. The third kappa shape index (κ3) is 16.5. The molecule has 7 aliphatic heterocycles. The number of carbonyl (C=O) groups excluding carboxylic acids is 6. The summed E-state index contributed by atoms with van der Waals surface area (Å²) in [6.45, 7) is 51.5. The smallest absolute Gasteiger partial charge is 0.334 e. The Kier molecular flexibility index (Phi) is 22.2. The summed E-state index contributed by atoms with van der Waals surface area (Å²) in [6.07, 6.45) is 27.4. The highest BCUT2D eigenvalue weighted by Crippen LogP contribution is 2.67. The molecule has 12 aliphatic carbocycles. The largest absolute Gasteiger partial charge is 0.481 e. The maximum absolute atomic E-state index is 12.1.